The van der Waals surface area contributed by atoms with Gasteiger partial charge in [-0.1, -0.05) is 41.4 Å². The molecule has 4 heteroatoms. The fourth-order valence-electron chi connectivity index (χ4n) is 2.90. The molecule has 0 bridgehead atoms. The van der Waals surface area contributed by atoms with Crippen molar-refractivity contribution in [3.63, 3.8) is 0 Å². The summed E-state index contributed by atoms with van der Waals surface area (Å²) >= 11 is 6.05. The monoisotopic (exact) mass is 360 g/mol. The van der Waals surface area contributed by atoms with Crippen molar-refractivity contribution >= 4 is 34.1 Å². The molecule has 0 aliphatic heterocycles. The van der Waals surface area contributed by atoms with Gasteiger partial charge in [0, 0.05) is 32.9 Å². The number of fused-ring (bicyclic) bond motifs is 1. The highest BCUT2D eigenvalue weighted by molar-refractivity contribution is 6.31. The van der Waals surface area contributed by atoms with Gasteiger partial charge >= 0.3 is 0 Å². The molecule has 26 heavy (non-hydrogen) atoms. The molecule has 0 radical (unpaired) electrons. The Morgan fingerprint density at radius 3 is 2.38 bits per heavy atom. The summed E-state index contributed by atoms with van der Waals surface area (Å²) in [6.07, 6.45) is 0. The van der Waals surface area contributed by atoms with Crippen molar-refractivity contribution in [1.29, 1.82) is 0 Å². The summed E-state index contributed by atoms with van der Waals surface area (Å²) in [5.41, 5.74) is 5.64. The molecule has 0 aliphatic rings. The molecule has 4 aromatic rings. The van der Waals surface area contributed by atoms with Gasteiger partial charge in [-0.05, 0) is 61.0 Å². The topological polar surface area (TPSA) is 44.9 Å². The lowest BCUT2D eigenvalue weighted by molar-refractivity contribution is 0.102. The summed E-state index contributed by atoms with van der Waals surface area (Å²) in [6.45, 7) is 2.00. The highest BCUT2D eigenvalue weighted by Crippen LogP contribution is 2.27. The van der Waals surface area contributed by atoms with E-state index in [4.69, 9.17) is 11.6 Å². The number of rotatable bonds is 3. The minimum absolute atomic E-state index is 0.113. The third-order valence-electron chi connectivity index (χ3n) is 4.35. The fraction of sp³-hybridized carbons (Fsp3) is 0.0455. The van der Waals surface area contributed by atoms with Crippen molar-refractivity contribution in [2.75, 3.05) is 5.32 Å². The molecule has 0 spiro atoms. The standard InChI is InChI=1S/C22H17ClN2O/c1-14-2-4-16(5-3-14)22(26)24-19-9-6-15(7-10-19)21-13-17-12-18(23)8-11-20(17)25-21/h2-13,25H,1H3,(H,24,26). The first kappa shape index (κ1) is 16.4. The highest BCUT2D eigenvalue weighted by Gasteiger charge is 2.07. The lowest BCUT2D eigenvalue weighted by Gasteiger charge is -2.06. The van der Waals surface area contributed by atoms with Crippen LogP contribution >= 0.6 is 11.6 Å². The van der Waals surface area contributed by atoms with Crippen molar-refractivity contribution in [3.05, 3.63) is 88.9 Å². The summed E-state index contributed by atoms with van der Waals surface area (Å²) in [5.74, 6) is -0.113. The molecular weight excluding hydrogens is 344 g/mol. The van der Waals surface area contributed by atoms with Crippen LogP contribution in [0.1, 0.15) is 15.9 Å². The van der Waals surface area contributed by atoms with E-state index in [0.717, 1.165) is 38.4 Å². The zero-order chi connectivity index (χ0) is 18.1. The molecule has 0 saturated carbocycles. The Labute approximate surface area is 156 Å². The molecule has 128 valence electrons. The first-order valence-electron chi connectivity index (χ1n) is 8.35. The third kappa shape index (κ3) is 3.35. The minimum atomic E-state index is -0.113. The number of aromatic nitrogens is 1. The third-order valence-corrected chi connectivity index (χ3v) is 4.59. The summed E-state index contributed by atoms with van der Waals surface area (Å²) in [6, 6.07) is 23.1. The quantitative estimate of drug-likeness (QED) is 0.459. The number of benzene rings is 3. The second kappa shape index (κ2) is 6.70. The fourth-order valence-corrected chi connectivity index (χ4v) is 3.08. The number of halogens is 1. The van der Waals surface area contributed by atoms with E-state index in [1.807, 2.05) is 73.7 Å². The van der Waals surface area contributed by atoms with E-state index in [2.05, 4.69) is 16.4 Å². The van der Waals surface area contributed by atoms with Crippen LogP contribution in [0.25, 0.3) is 22.2 Å². The van der Waals surface area contributed by atoms with Crippen molar-refractivity contribution in [2.45, 2.75) is 6.92 Å². The molecule has 0 saturated heterocycles. The van der Waals surface area contributed by atoms with E-state index in [-0.39, 0.29) is 5.91 Å². The van der Waals surface area contributed by atoms with Gasteiger partial charge in [-0.25, -0.2) is 0 Å². The van der Waals surface area contributed by atoms with Crippen molar-refractivity contribution in [1.82, 2.24) is 4.98 Å². The Bertz CT molecular complexity index is 1080. The second-order valence-electron chi connectivity index (χ2n) is 6.31. The van der Waals surface area contributed by atoms with Gasteiger partial charge in [-0.2, -0.15) is 0 Å². The van der Waals surface area contributed by atoms with Crippen molar-refractivity contribution < 1.29 is 4.79 Å². The Morgan fingerprint density at radius 2 is 1.65 bits per heavy atom. The first-order valence-corrected chi connectivity index (χ1v) is 8.73. The van der Waals surface area contributed by atoms with Crippen LogP contribution in [-0.2, 0) is 0 Å². The number of hydrogen-bond donors (Lipinski definition) is 2. The van der Waals surface area contributed by atoms with Gasteiger partial charge in [-0.3, -0.25) is 4.79 Å². The number of aromatic amines is 1. The largest absolute Gasteiger partial charge is 0.355 e. The van der Waals surface area contributed by atoms with Crippen LogP contribution in [0.15, 0.2) is 72.8 Å². The lowest BCUT2D eigenvalue weighted by Crippen LogP contribution is -2.11. The van der Waals surface area contributed by atoms with E-state index in [1.165, 1.54) is 0 Å². The average Bonchev–Trinajstić information content (AvgIpc) is 3.06. The van der Waals surface area contributed by atoms with Gasteiger partial charge in [0.25, 0.3) is 5.91 Å². The normalized spacial score (nSPS) is 10.8. The van der Waals surface area contributed by atoms with E-state index in [9.17, 15) is 4.79 Å². The summed E-state index contributed by atoms with van der Waals surface area (Å²) < 4.78 is 0. The van der Waals surface area contributed by atoms with Crippen molar-refractivity contribution in [3.8, 4) is 11.3 Å². The summed E-state index contributed by atoms with van der Waals surface area (Å²) in [5, 5.41) is 4.72. The van der Waals surface area contributed by atoms with Crippen LogP contribution in [0, 0.1) is 6.92 Å². The molecule has 3 nitrogen and oxygen atoms in total. The van der Waals surface area contributed by atoms with Gasteiger partial charge < -0.3 is 10.3 Å². The van der Waals surface area contributed by atoms with Crippen LogP contribution in [0.2, 0.25) is 5.02 Å². The van der Waals surface area contributed by atoms with E-state index in [0.29, 0.717) is 5.56 Å². The predicted octanol–water partition coefficient (Wildman–Crippen LogP) is 6.05. The summed E-state index contributed by atoms with van der Waals surface area (Å²) in [7, 11) is 0. The van der Waals surface area contributed by atoms with Crippen LogP contribution in [0.3, 0.4) is 0 Å². The number of H-pyrrole nitrogens is 1. The zero-order valence-electron chi connectivity index (χ0n) is 14.2. The van der Waals surface area contributed by atoms with E-state index >= 15 is 0 Å². The number of nitrogens with one attached hydrogen (secondary N) is 2. The average molecular weight is 361 g/mol. The Hall–Kier alpha value is -3.04. The van der Waals surface area contributed by atoms with Gasteiger partial charge in [0.2, 0.25) is 0 Å². The molecule has 4 rings (SSSR count). The molecule has 1 aromatic heterocycles. The van der Waals surface area contributed by atoms with Crippen molar-refractivity contribution in [2.24, 2.45) is 0 Å². The molecule has 0 aliphatic carbocycles. The maximum Gasteiger partial charge on any atom is 0.255 e. The first-order chi connectivity index (χ1) is 12.6. The molecular formula is C22H17ClN2O. The molecule has 2 N–H and O–H groups in total. The Morgan fingerprint density at radius 1 is 0.923 bits per heavy atom. The van der Waals surface area contributed by atoms with Crippen LogP contribution in [-0.4, -0.2) is 10.9 Å². The molecule has 3 aromatic carbocycles. The molecule has 0 atom stereocenters. The number of anilines is 1. The van der Waals surface area contributed by atoms with Crippen LogP contribution < -0.4 is 5.32 Å². The highest BCUT2D eigenvalue weighted by atomic mass is 35.5. The number of carbonyl (C=O) groups excluding carboxylic acids is 1. The van der Waals surface area contributed by atoms with Crippen LogP contribution in [0.4, 0.5) is 5.69 Å². The summed E-state index contributed by atoms with van der Waals surface area (Å²) in [4.78, 5) is 15.7. The smallest absolute Gasteiger partial charge is 0.255 e. The number of hydrogen-bond acceptors (Lipinski definition) is 1. The van der Waals surface area contributed by atoms with E-state index < -0.39 is 0 Å². The van der Waals surface area contributed by atoms with Gasteiger partial charge in [0.05, 0.1) is 0 Å². The van der Waals surface area contributed by atoms with Gasteiger partial charge in [0.1, 0.15) is 0 Å². The molecule has 0 fully saturated rings. The van der Waals surface area contributed by atoms with Crippen LogP contribution in [0.5, 0.6) is 0 Å². The maximum atomic E-state index is 12.3. The van der Waals surface area contributed by atoms with Gasteiger partial charge in [-0.15, -0.1) is 0 Å². The maximum absolute atomic E-state index is 12.3. The van der Waals surface area contributed by atoms with Gasteiger partial charge in [0.15, 0.2) is 0 Å². The van der Waals surface area contributed by atoms with E-state index in [1.54, 1.807) is 0 Å². The molecule has 1 heterocycles. The number of amides is 1. The Balaban J connectivity index is 1.54. The number of carbonyl (C=O) groups is 1. The number of aryl methyl sites for hydroxylation is 1. The molecule has 1 amide bonds. The SMILES string of the molecule is Cc1ccc(C(=O)Nc2ccc(-c3cc4cc(Cl)ccc4[nH]3)cc2)cc1. The second-order valence-corrected chi connectivity index (χ2v) is 6.75. The lowest BCUT2D eigenvalue weighted by atomic mass is 10.1. The minimum Gasteiger partial charge on any atom is -0.355 e. The molecule has 0 unspecified atom stereocenters. The zero-order valence-corrected chi connectivity index (χ0v) is 15.0. The predicted molar refractivity (Wildman–Crippen MR) is 108 cm³/mol. The Kier molecular flexibility index (Phi) is 4.23.